The molecule has 0 bridgehead atoms. The van der Waals surface area contributed by atoms with Gasteiger partial charge in [-0.3, -0.25) is 4.90 Å². The first-order valence-electron chi connectivity index (χ1n) is 6.60. The zero-order valence-electron chi connectivity index (χ0n) is 12.1. The lowest BCUT2D eigenvalue weighted by Gasteiger charge is -2.20. The van der Waals surface area contributed by atoms with Gasteiger partial charge in [0.05, 0.1) is 5.69 Å². The van der Waals surface area contributed by atoms with E-state index in [1.54, 1.807) is 11.3 Å². The number of nitrogens with one attached hydrogen (secondary N) is 1. The van der Waals surface area contributed by atoms with Crippen molar-refractivity contribution >= 4 is 11.3 Å². The van der Waals surface area contributed by atoms with Crippen molar-refractivity contribution in [1.82, 2.24) is 20.1 Å². The van der Waals surface area contributed by atoms with Crippen molar-refractivity contribution in [2.24, 2.45) is 0 Å². The summed E-state index contributed by atoms with van der Waals surface area (Å²) in [4.78, 5) is 9.33. The van der Waals surface area contributed by atoms with Crippen LogP contribution < -0.4 is 5.32 Å². The Morgan fingerprint density at radius 2 is 2.11 bits per heavy atom. The maximum absolute atomic E-state index is 4.63. The molecule has 104 valence electrons. The molecule has 4 nitrogen and oxygen atoms in total. The van der Waals surface area contributed by atoms with Crippen LogP contribution in [0.25, 0.3) is 0 Å². The molecule has 0 spiro atoms. The fourth-order valence-corrected chi connectivity index (χ4v) is 2.64. The summed E-state index contributed by atoms with van der Waals surface area (Å²) in [5.41, 5.74) is 1.21. The topological polar surface area (TPSA) is 31.4 Å². The molecule has 1 heterocycles. The second kappa shape index (κ2) is 8.58. The average Bonchev–Trinajstić information content (AvgIpc) is 2.75. The quantitative estimate of drug-likeness (QED) is 0.739. The Kier molecular flexibility index (Phi) is 7.42. The summed E-state index contributed by atoms with van der Waals surface area (Å²) in [5.74, 6) is 0. The third-order valence-electron chi connectivity index (χ3n) is 2.84. The van der Waals surface area contributed by atoms with Crippen LogP contribution in [-0.4, -0.2) is 55.6 Å². The van der Waals surface area contributed by atoms with Gasteiger partial charge in [0, 0.05) is 18.5 Å². The van der Waals surface area contributed by atoms with Crippen LogP contribution >= 0.6 is 11.3 Å². The molecule has 0 atom stereocenters. The highest BCUT2D eigenvalue weighted by Gasteiger charge is 2.07. The van der Waals surface area contributed by atoms with Gasteiger partial charge in [-0.15, -0.1) is 11.3 Å². The Morgan fingerprint density at radius 1 is 1.33 bits per heavy atom. The number of nitrogens with zero attached hydrogens (tertiary/aromatic N) is 3. The molecular weight excluding hydrogens is 244 g/mol. The number of hydrogen-bond donors (Lipinski definition) is 1. The molecule has 1 aromatic heterocycles. The summed E-state index contributed by atoms with van der Waals surface area (Å²) < 4.78 is 0. The van der Waals surface area contributed by atoms with Crippen LogP contribution in [0.15, 0.2) is 5.38 Å². The third kappa shape index (κ3) is 5.91. The predicted molar refractivity (Wildman–Crippen MR) is 79.0 cm³/mol. The molecule has 5 heteroatoms. The highest BCUT2D eigenvalue weighted by Crippen LogP contribution is 2.11. The van der Waals surface area contributed by atoms with Crippen molar-refractivity contribution in [3.63, 3.8) is 0 Å². The monoisotopic (exact) mass is 270 g/mol. The molecule has 1 rings (SSSR count). The minimum absolute atomic E-state index is 0.872. The Labute approximate surface area is 115 Å². The maximum Gasteiger partial charge on any atom is 0.107 e. The zero-order chi connectivity index (χ0) is 13.4. The smallest absolute Gasteiger partial charge is 0.107 e. The number of aromatic nitrogens is 1. The van der Waals surface area contributed by atoms with E-state index < -0.39 is 0 Å². The van der Waals surface area contributed by atoms with Gasteiger partial charge in [0.25, 0.3) is 0 Å². The predicted octanol–water partition coefficient (Wildman–Crippen LogP) is 1.64. The largest absolute Gasteiger partial charge is 0.314 e. The van der Waals surface area contributed by atoms with Gasteiger partial charge in [0.1, 0.15) is 5.01 Å². The third-order valence-corrected chi connectivity index (χ3v) is 3.74. The van der Waals surface area contributed by atoms with E-state index in [0.717, 1.165) is 32.7 Å². The first-order valence-corrected chi connectivity index (χ1v) is 7.48. The Balaban J connectivity index is 2.36. The second-order valence-corrected chi connectivity index (χ2v) is 5.73. The number of rotatable bonds is 9. The Bertz CT molecular complexity index is 325. The van der Waals surface area contributed by atoms with E-state index in [1.165, 1.54) is 17.1 Å². The van der Waals surface area contributed by atoms with Crippen LogP contribution in [0.5, 0.6) is 0 Å². The van der Waals surface area contributed by atoms with E-state index in [9.17, 15) is 0 Å². The minimum Gasteiger partial charge on any atom is -0.314 e. The molecule has 0 fully saturated rings. The summed E-state index contributed by atoms with van der Waals surface area (Å²) >= 11 is 1.75. The van der Waals surface area contributed by atoms with E-state index in [4.69, 9.17) is 0 Å². The van der Waals surface area contributed by atoms with Gasteiger partial charge in [0.15, 0.2) is 0 Å². The average molecular weight is 270 g/mol. The van der Waals surface area contributed by atoms with Crippen LogP contribution in [0, 0.1) is 0 Å². The van der Waals surface area contributed by atoms with Gasteiger partial charge < -0.3 is 10.2 Å². The van der Waals surface area contributed by atoms with Crippen LogP contribution in [0.4, 0.5) is 0 Å². The minimum atomic E-state index is 0.872. The maximum atomic E-state index is 4.63. The lowest BCUT2D eigenvalue weighted by Crippen LogP contribution is -2.27. The van der Waals surface area contributed by atoms with E-state index in [2.05, 4.69) is 46.5 Å². The Hall–Kier alpha value is -0.490. The zero-order valence-corrected chi connectivity index (χ0v) is 12.9. The summed E-state index contributed by atoms with van der Waals surface area (Å²) in [6.45, 7) is 7.45. The van der Waals surface area contributed by atoms with Crippen molar-refractivity contribution in [3.05, 3.63) is 16.1 Å². The molecular formula is C13H26N4S. The molecule has 0 amide bonds. The first-order chi connectivity index (χ1) is 8.65. The molecule has 0 aliphatic carbocycles. The molecule has 18 heavy (non-hydrogen) atoms. The lowest BCUT2D eigenvalue weighted by molar-refractivity contribution is 0.257. The van der Waals surface area contributed by atoms with Gasteiger partial charge >= 0.3 is 0 Å². The van der Waals surface area contributed by atoms with E-state index in [1.807, 2.05) is 7.05 Å². The molecule has 0 unspecified atom stereocenters. The van der Waals surface area contributed by atoms with Gasteiger partial charge in [-0.2, -0.15) is 0 Å². The van der Waals surface area contributed by atoms with Gasteiger partial charge in [0.2, 0.25) is 0 Å². The molecule has 1 aromatic rings. The molecule has 0 saturated heterocycles. The highest BCUT2D eigenvalue weighted by atomic mass is 32.1. The molecule has 0 aromatic carbocycles. The highest BCUT2D eigenvalue weighted by molar-refractivity contribution is 7.09. The summed E-state index contributed by atoms with van der Waals surface area (Å²) in [5, 5.41) is 6.50. The van der Waals surface area contributed by atoms with E-state index >= 15 is 0 Å². The van der Waals surface area contributed by atoms with Crippen molar-refractivity contribution in [1.29, 1.82) is 0 Å². The standard InChI is InChI=1S/C13H26N4S/c1-5-17(8-6-7-16(3)4)10-12-11-18-13(15-12)9-14-2/h11,14H,5-10H2,1-4H3. The first kappa shape index (κ1) is 15.6. The fourth-order valence-electron chi connectivity index (χ4n) is 1.84. The van der Waals surface area contributed by atoms with Gasteiger partial charge in [-0.1, -0.05) is 6.92 Å². The van der Waals surface area contributed by atoms with E-state index in [-0.39, 0.29) is 0 Å². The Morgan fingerprint density at radius 3 is 2.72 bits per heavy atom. The fraction of sp³-hybridized carbons (Fsp3) is 0.769. The molecule has 0 saturated carbocycles. The van der Waals surface area contributed by atoms with Crippen molar-refractivity contribution in [2.45, 2.75) is 26.4 Å². The van der Waals surface area contributed by atoms with Crippen LogP contribution in [0.2, 0.25) is 0 Å². The van der Waals surface area contributed by atoms with Crippen LogP contribution in [0.1, 0.15) is 24.0 Å². The molecule has 0 radical (unpaired) electrons. The SMILES string of the molecule is CCN(CCCN(C)C)Cc1csc(CNC)n1. The molecule has 0 aliphatic heterocycles. The number of hydrogen-bond acceptors (Lipinski definition) is 5. The van der Waals surface area contributed by atoms with E-state index in [0.29, 0.717) is 0 Å². The van der Waals surface area contributed by atoms with Gasteiger partial charge in [-0.25, -0.2) is 4.98 Å². The van der Waals surface area contributed by atoms with Crippen LogP contribution in [-0.2, 0) is 13.1 Å². The number of thiazole rings is 1. The molecule has 0 aliphatic rings. The van der Waals surface area contributed by atoms with Gasteiger partial charge in [-0.05, 0) is 47.2 Å². The summed E-state index contributed by atoms with van der Waals surface area (Å²) in [6.07, 6.45) is 1.22. The summed E-state index contributed by atoms with van der Waals surface area (Å²) in [6, 6.07) is 0. The van der Waals surface area contributed by atoms with Crippen molar-refractivity contribution < 1.29 is 0 Å². The van der Waals surface area contributed by atoms with Crippen molar-refractivity contribution in [3.8, 4) is 0 Å². The normalized spacial score (nSPS) is 11.7. The van der Waals surface area contributed by atoms with Crippen LogP contribution in [0.3, 0.4) is 0 Å². The van der Waals surface area contributed by atoms with Crippen molar-refractivity contribution in [2.75, 3.05) is 40.8 Å². The second-order valence-electron chi connectivity index (χ2n) is 4.79. The molecule has 1 N–H and O–H groups in total. The lowest BCUT2D eigenvalue weighted by atomic mass is 10.3. The summed E-state index contributed by atoms with van der Waals surface area (Å²) in [7, 11) is 6.21.